The average molecular weight is 536 g/mol. The van der Waals surface area contributed by atoms with E-state index < -0.39 is 35.5 Å². The number of esters is 1. The van der Waals surface area contributed by atoms with Crippen molar-refractivity contribution in [1.29, 1.82) is 0 Å². The summed E-state index contributed by atoms with van der Waals surface area (Å²) < 4.78 is 36.8. The Morgan fingerprint density at radius 3 is 2.34 bits per heavy atom. The summed E-state index contributed by atoms with van der Waals surface area (Å²) in [6, 6.07) is 7.19. The predicted octanol–water partition coefficient (Wildman–Crippen LogP) is 2.42. The number of amides is 2. The third-order valence-corrected chi connectivity index (χ3v) is 7.48. The molecule has 0 aliphatic carbocycles. The van der Waals surface area contributed by atoms with Gasteiger partial charge >= 0.3 is 18.1 Å². The number of aliphatic imine (C=N–C) groups is 1. The Labute approximate surface area is 207 Å². The number of thioether (sulfide) groups is 1. The van der Waals surface area contributed by atoms with Crippen molar-refractivity contribution in [3.05, 3.63) is 34.9 Å². The average Bonchev–Trinajstić information content (AvgIpc) is 3.40. The van der Waals surface area contributed by atoms with Gasteiger partial charge in [-0.15, -0.1) is 0 Å². The second-order valence-electron chi connectivity index (χ2n) is 8.16. The molecule has 0 radical (unpaired) electrons. The normalized spacial score (nSPS) is 27.2. The third kappa shape index (κ3) is 4.70. The lowest BCUT2D eigenvalue weighted by atomic mass is 9.81. The van der Waals surface area contributed by atoms with Gasteiger partial charge in [0, 0.05) is 17.8 Å². The Hall–Kier alpha value is -2.80. The molecule has 3 aliphatic rings. The first kappa shape index (κ1) is 26.8. The summed E-state index contributed by atoms with van der Waals surface area (Å²) in [4.78, 5) is 54.8. The van der Waals surface area contributed by atoms with Crippen LogP contribution in [-0.2, 0) is 29.7 Å². The first-order valence-electron chi connectivity index (χ1n) is 10.2. The van der Waals surface area contributed by atoms with Gasteiger partial charge in [-0.3, -0.25) is 19.5 Å². The predicted molar refractivity (Wildman–Crippen MR) is 120 cm³/mol. The number of hydrogen-bond acceptors (Lipinski definition) is 8. The lowest BCUT2D eigenvalue weighted by Crippen LogP contribution is -2.57. The summed E-state index contributed by atoms with van der Waals surface area (Å²) in [5.41, 5.74) is -0.198. The van der Waals surface area contributed by atoms with E-state index in [1.54, 1.807) is 6.92 Å². The van der Waals surface area contributed by atoms with Crippen LogP contribution in [0.5, 0.6) is 0 Å². The van der Waals surface area contributed by atoms with Gasteiger partial charge in [0.15, 0.2) is 5.17 Å². The molecule has 35 heavy (non-hydrogen) atoms. The number of carboxylic acids is 1. The van der Waals surface area contributed by atoms with E-state index in [1.165, 1.54) is 25.9 Å². The highest BCUT2D eigenvalue weighted by atomic mass is 35.5. The summed E-state index contributed by atoms with van der Waals surface area (Å²) in [7, 11) is 2.77. The number of fused-ring (bicyclic) bond motifs is 3. The zero-order valence-corrected chi connectivity index (χ0v) is 20.3. The third-order valence-electron chi connectivity index (χ3n) is 6.17. The number of carbonyl (C=O) groups excluding carboxylic acids is 3. The lowest BCUT2D eigenvalue weighted by molar-refractivity contribution is -0.192. The molecule has 2 amide bonds. The molecule has 3 heterocycles. The Balaban J connectivity index is 0.000000429. The highest BCUT2D eigenvalue weighted by molar-refractivity contribution is 8.13. The quantitative estimate of drug-likeness (QED) is 0.463. The van der Waals surface area contributed by atoms with Crippen molar-refractivity contribution in [1.82, 2.24) is 9.80 Å². The highest BCUT2D eigenvalue weighted by Crippen LogP contribution is 2.52. The first-order chi connectivity index (χ1) is 16.2. The summed E-state index contributed by atoms with van der Waals surface area (Å²) in [6.45, 7) is 2.06. The van der Waals surface area contributed by atoms with Gasteiger partial charge in [0.2, 0.25) is 11.8 Å². The van der Waals surface area contributed by atoms with Crippen LogP contribution in [-0.4, -0.2) is 82.3 Å². The fourth-order valence-electron chi connectivity index (χ4n) is 4.53. The molecule has 190 valence electrons. The number of hydrogen-bond donors (Lipinski definition) is 1. The Morgan fingerprint density at radius 1 is 1.26 bits per heavy atom. The van der Waals surface area contributed by atoms with Crippen molar-refractivity contribution >= 4 is 52.3 Å². The Morgan fingerprint density at radius 2 is 1.83 bits per heavy atom. The fraction of sp³-hybridized carbons (Fsp3) is 0.476. The minimum Gasteiger partial charge on any atom is -0.475 e. The van der Waals surface area contributed by atoms with Gasteiger partial charge in [0.25, 0.3) is 0 Å². The fourth-order valence-corrected chi connectivity index (χ4v) is 5.77. The molecule has 2 saturated heterocycles. The second kappa shape index (κ2) is 9.69. The van der Waals surface area contributed by atoms with E-state index in [1.807, 2.05) is 29.2 Å². The van der Waals surface area contributed by atoms with E-state index in [0.29, 0.717) is 22.5 Å². The summed E-state index contributed by atoms with van der Waals surface area (Å²) in [6.07, 6.45) is -5.08. The molecule has 0 aromatic heterocycles. The number of amidine groups is 1. The minimum absolute atomic E-state index is 0.253. The number of likely N-dealkylation sites (tertiary alicyclic amines) is 1. The molecule has 4 atom stereocenters. The van der Waals surface area contributed by atoms with E-state index in [4.69, 9.17) is 26.2 Å². The molecule has 4 rings (SSSR count). The number of ether oxygens (including phenoxy) is 1. The number of alkyl halides is 3. The van der Waals surface area contributed by atoms with Crippen LogP contribution in [0.4, 0.5) is 13.2 Å². The lowest BCUT2D eigenvalue weighted by Gasteiger charge is -2.37. The van der Waals surface area contributed by atoms with Crippen molar-refractivity contribution in [2.45, 2.75) is 30.4 Å². The van der Waals surface area contributed by atoms with Crippen LogP contribution in [0.3, 0.4) is 0 Å². The maximum atomic E-state index is 12.8. The van der Waals surface area contributed by atoms with E-state index >= 15 is 0 Å². The van der Waals surface area contributed by atoms with Gasteiger partial charge < -0.3 is 14.7 Å². The molecule has 1 aromatic rings. The van der Waals surface area contributed by atoms with Crippen molar-refractivity contribution in [2.24, 2.45) is 16.8 Å². The number of carbonyl (C=O) groups is 4. The van der Waals surface area contributed by atoms with Gasteiger partial charge in [0.1, 0.15) is 5.54 Å². The van der Waals surface area contributed by atoms with E-state index in [0.717, 1.165) is 10.5 Å². The second-order valence-corrected chi connectivity index (χ2v) is 9.54. The molecule has 1 N–H and O–H groups in total. The van der Waals surface area contributed by atoms with Gasteiger partial charge in [-0.05, 0) is 24.6 Å². The van der Waals surface area contributed by atoms with Crippen molar-refractivity contribution in [3.63, 3.8) is 0 Å². The largest absolute Gasteiger partial charge is 0.490 e. The van der Waals surface area contributed by atoms with Crippen LogP contribution in [0.25, 0.3) is 0 Å². The zero-order chi connectivity index (χ0) is 26.3. The molecule has 0 unspecified atom stereocenters. The van der Waals surface area contributed by atoms with Crippen LogP contribution in [0.2, 0.25) is 5.02 Å². The molecule has 9 nitrogen and oxygen atoms in total. The van der Waals surface area contributed by atoms with E-state index in [9.17, 15) is 27.6 Å². The standard InChI is InChI=1S/C19H20ClN3O4S.C2HF3O2/c1-19(17(26)27-3)14-13(15(24)22(2)16(14)25)12-8-21-18(23(12)19)28-9-10-4-6-11(20)7-5-10;3-2(4,5)1(6)7/h4-7,12-14H,8-9H2,1-3H3;(H,6,7)/t12-,13+,14-,19-;/m1./s1. The number of methoxy groups -OCH3 is 1. The number of aliphatic carboxylic acids is 1. The van der Waals surface area contributed by atoms with Crippen LogP contribution < -0.4 is 0 Å². The number of carboxylic acid groups (broad SMARTS) is 1. The topological polar surface area (TPSA) is 117 Å². The maximum absolute atomic E-state index is 12.8. The maximum Gasteiger partial charge on any atom is 0.490 e. The van der Waals surface area contributed by atoms with Gasteiger partial charge in [-0.25, -0.2) is 9.59 Å². The summed E-state index contributed by atoms with van der Waals surface area (Å²) in [5, 5.41) is 8.45. The SMILES string of the molecule is COC(=O)[C@@]1(C)[C@H]2C(=O)N(C)C(=O)[C@H]2[C@H]2CN=C(SCc3ccc(Cl)cc3)N21.O=C(O)C(F)(F)F. The Bertz CT molecular complexity index is 1080. The van der Waals surface area contributed by atoms with Gasteiger partial charge in [0.05, 0.1) is 31.5 Å². The van der Waals surface area contributed by atoms with Crippen LogP contribution in [0.1, 0.15) is 12.5 Å². The molecule has 0 saturated carbocycles. The van der Waals surface area contributed by atoms with E-state index in [-0.39, 0.29) is 17.9 Å². The highest BCUT2D eigenvalue weighted by Gasteiger charge is 2.71. The van der Waals surface area contributed by atoms with Gasteiger partial charge in [-0.1, -0.05) is 35.5 Å². The molecular weight excluding hydrogens is 515 g/mol. The molecule has 1 aromatic carbocycles. The molecule has 14 heteroatoms. The molecule has 0 bridgehead atoms. The number of halogens is 4. The van der Waals surface area contributed by atoms with E-state index in [2.05, 4.69) is 4.99 Å². The first-order valence-corrected chi connectivity index (χ1v) is 11.5. The molecule has 2 fully saturated rings. The molecular formula is C21H21ClF3N3O6S. The number of benzene rings is 1. The number of rotatable bonds is 3. The van der Waals surface area contributed by atoms with Crippen molar-refractivity contribution in [2.75, 3.05) is 20.7 Å². The minimum atomic E-state index is -5.08. The van der Waals surface area contributed by atoms with Crippen LogP contribution in [0.15, 0.2) is 29.3 Å². The van der Waals surface area contributed by atoms with Crippen LogP contribution >= 0.6 is 23.4 Å². The smallest absolute Gasteiger partial charge is 0.475 e. The van der Waals surface area contributed by atoms with Gasteiger partial charge in [-0.2, -0.15) is 13.2 Å². The summed E-state index contributed by atoms with van der Waals surface area (Å²) in [5.74, 6) is -4.58. The van der Waals surface area contributed by atoms with Crippen molar-refractivity contribution in [3.8, 4) is 0 Å². The number of imide groups is 1. The zero-order valence-electron chi connectivity index (χ0n) is 18.7. The summed E-state index contributed by atoms with van der Waals surface area (Å²) >= 11 is 7.42. The van der Waals surface area contributed by atoms with Crippen LogP contribution in [0, 0.1) is 11.8 Å². The number of nitrogens with zero attached hydrogens (tertiary/aromatic N) is 3. The van der Waals surface area contributed by atoms with Crippen molar-refractivity contribution < 1.29 is 42.2 Å². The monoisotopic (exact) mass is 535 g/mol. The Kier molecular flexibility index (Phi) is 7.42. The molecule has 3 aliphatic heterocycles. The molecule has 0 spiro atoms.